The highest BCUT2D eigenvalue weighted by molar-refractivity contribution is 6.11. The fourth-order valence-electron chi connectivity index (χ4n) is 4.83. The third-order valence-electron chi connectivity index (χ3n) is 6.66. The molecular formula is C26H36F3N3O6. The summed E-state index contributed by atoms with van der Waals surface area (Å²) in [5, 5.41) is 1.77. The van der Waals surface area contributed by atoms with Crippen LogP contribution in [0.4, 0.5) is 13.2 Å². The molecule has 0 aliphatic carbocycles. The Morgan fingerprint density at radius 1 is 1.13 bits per heavy atom. The number of nitrogens with one attached hydrogen (secondary N) is 1. The van der Waals surface area contributed by atoms with Crippen LogP contribution in [0.3, 0.4) is 0 Å². The predicted molar refractivity (Wildman–Crippen MR) is 132 cm³/mol. The molecule has 12 heteroatoms. The molecule has 0 spiro atoms. The van der Waals surface area contributed by atoms with Crippen molar-refractivity contribution in [2.24, 2.45) is 5.73 Å². The van der Waals surface area contributed by atoms with Crippen molar-refractivity contribution in [1.82, 2.24) is 10.2 Å². The summed E-state index contributed by atoms with van der Waals surface area (Å²) >= 11 is 0. The summed E-state index contributed by atoms with van der Waals surface area (Å²) in [7, 11) is 1.16. The molecule has 1 aromatic carbocycles. The molecule has 1 saturated heterocycles. The Morgan fingerprint density at radius 2 is 1.82 bits per heavy atom. The number of ketones is 1. The number of Topliss-reactive ketones (excluding diaryl/α,β-unsaturated/α-hetero) is 1. The van der Waals surface area contributed by atoms with Crippen LogP contribution in [0.5, 0.6) is 0 Å². The Labute approximate surface area is 220 Å². The first-order chi connectivity index (χ1) is 18.0. The van der Waals surface area contributed by atoms with Gasteiger partial charge in [0.2, 0.25) is 0 Å². The molecule has 1 unspecified atom stereocenters. The van der Waals surface area contributed by atoms with Crippen molar-refractivity contribution in [2.45, 2.75) is 75.7 Å². The summed E-state index contributed by atoms with van der Waals surface area (Å²) in [6, 6.07) is 7.42. The van der Waals surface area contributed by atoms with Gasteiger partial charge in [0.25, 0.3) is 0 Å². The molecule has 0 saturated carbocycles. The van der Waals surface area contributed by atoms with Crippen molar-refractivity contribution in [3.8, 4) is 0 Å². The Balaban J connectivity index is 2.18. The van der Waals surface area contributed by atoms with Gasteiger partial charge in [-0.2, -0.15) is 13.2 Å². The average Bonchev–Trinajstić information content (AvgIpc) is 3.33. The van der Waals surface area contributed by atoms with Crippen LogP contribution >= 0.6 is 0 Å². The number of alkyl halides is 3. The van der Waals surface area contributed by atoms with Gasteiger partial charge in [0, 0.05) is 13.1 Å². The fourth-order valence-corrected chi connectivity index (χ4v) is 4.83. The van der Waals surface area contributed by atoms with Gasteiger partial charge in [-0.1, -0.05) is 30.3 Å². The number of halogens is 3. The highest BCUT2D eigenvalue weighted by Crippen LogP contribution is 2.36. The predicted octanol–water partition coefficient (Wildman–Crippen LogP) is 2.30. The molecule has 3 N–H and O–H groups in total. The monoisotopic (exact) mass is 543 g/mol. The second kappa shape index (κ2) is 14.2. The molecule has 1 heterocycles. The van der Waals surface area contributed by atoms with Gasteiger partial charge in [0.15, 0.2) is 11.3 Å². The maximum absolute atomic E-state index is 13.7. The van der Waals surface area contributed by atoms with E-state index in [-0.39, 0.29) is 45.4 Å². The van der Waals surface area contributed by atoms with E-state index in [1.165, 1.54) is 0 Å². The van der Waals surface area contributed by atoms with Crippen LogP contribution < -0.4 is 11.1 Å². The van der Waals surface area contributed by atoms with E-state index in [4.69, 9.17) is 15.2 Å². The number of hydrogen-bond acceptors (Lipinski definition) is 8. The van der Waals surface area contributed by atoms with Crippen molar-refractivity contribution in [3.05, 3.63) is 35.9 Å². The number of hydrogen-bond donors (Lipinski definition) is 2. The lowest BCUT2D eigenvalue weighted by Crippen LogP contribution is -2.65. The number of carbonyl (C=O) groups is 4. The highest BCUT2D eigenvalue weighted by Gasteiger charge is 2.58. The minimum atomic E-state index is -4.97. The number of nitrogens with two attached hydrogens (primary N) is 1. The van der Waals surface area contributed by atoms with E-state index in [0.29, 0.717) is 19.3 Å². The number of carbonyl (C=O) groups excluding carboxylic acids is 4. The third-order valence-corrected chi connectivity index (χ3v) is 6.66. The minimum Gasteiger partial charge on any atom is -0.467 e. The zero-order valence-electron chi connectivity index (χ0n) is 21.7. The Morgan fingerprint density at radius 3 is 2.42 bits per heavy atom. The van der Waals surface area contributed by atoms with Crippen molar-refractivity contribution in [2.75, 3.05) is 26.8 Å². The van der Waals surface area contributed by atoms with E-state index < -0.39 is 47.4 Å². The topological polar surface area (TPSA) is 128 Å². The molecule has 1 aliphatic rings. The van der Waals surface area contributed by atoms with E-state index in [9.17, 15) is 32.3 Å². The molecule has 1 aliphatic heterocycles. The van der Waals surface area contributed by atoms with E-state index in [1.54, 1.807) is 17.1 Å². The van der Waals surface area contributed by atoms with Crippen molar-refractivity contribution in [1.29, 1.82) is 0 Å². The molecule has 0 radical (unpaired) electrons. The zero-order chi connectivity index (χ0) is 28.3. The first kappa shape index (κ1) is 31.2. The van der Waals surface area contributed by atoms with Gasteiger partial charge in [-0.05, 0) is 57.4 Å². The summed E-state index contributed by atoms with van der Waals surface area (Å²) in [5.41, 5.74) is 5.37. The van der Waals surface area contributed by atoms with E-state index >= 15 is 0 Å². The van der Waals surface area contributed by atoms with Gasteiger partial charge in [-0.25, -0.2) is 4.79 Å². The van der Waals surface area contributed by atoms with Gasteiger partial charge >= 0.3 is 24.0 Å². The molecule has 9 nitrogen and oxygen atoms in total. The summed E-state index contributed by atoms with van der Waals surface area (Å²) in [6.45, 7) is 1.83. The Hall–Kier alpha value is -2.99. The SMILES string of the molecule is CCOC(=O)C(CCc1ccccc1)N1CCC[C@]1(C(=O)OC)C(=O)[C@@H](N)CCCCNC(=O)C(F)(F)F. The van der Waals surface area contributed by atoms with Crippen LogP contribution in [-0.4, -0.2) is 79.1 Å². The number of nitrogens with zero attached hydrogens (tertiary/aromatic N) is 1. The molecule has 1 fully saturated rings. The van der Waals surface area contributed by atoms with Crippen LogP contribution in [0.15, 0.2) is 30.3 Å². The van der Waals surface area contributed by atoms with Crippen LogP contribution in [0.2, 0.25) is 0 Å². The molecule has 2 rings (SSSR count). The van der Waals surface area contributed by atoms with Crippen molar-refractivity contribution in [3.63, 3.8) is 0 Å². The van der Waals surface area contributed by atoms with Crippen molar-refractivity contribution < 1.29 is 41.8 Å². The minimum absolute atomic E-state index is 0.0708. The normalized spacial score (nSPS) is 19.4. The number of likely N-dealkylation sites (tertiary alicyclic amines) is 1. The van der Waals surface area contributed by atoms with Gasteiger partial charge in [-0.15, -0.1) is 0 Å². The number of aryl methyl sites for hydroxylation is 1. The van der Waals surface area contributed by atoms with E-state index in [2.05, 4.69) is 0 Å². The number of unbranched alkanes of at least 4 members (excludes halogenated alkanes) is 1. The maximum Gasteiger partial charge on any atom is 0.471 e. The number of ether oxygens (including phenoxy) is 2. The van der Waals surface area contributed by atoms with Crippen molar-refractivity contribution >= 4 is 23.6 Å². The smallest absolute Gasteiger partial charge is 0.467 e. The van der Waals surface area contributed by atoms with Crippen LogP contribution in [0.1, 0.15) is 51.0 Å². The van der Waals surface area contributed by atoms with Gasteiger partial charge in [0.05, 0.1) is 19.8 Å². The van der Waals surface area contributed by atoms with E-state index in [0.717, 1.165) is 12.7 Å². The standard InChI is InChI=1S/C26H36F3N3O6/c1-3-38-22(34)20(14-13-18-10-5-4-6-11-18)32-17-9-15-25(32,24(36)37-2)21(33)19(30)12-7-8-16-31-23(35)26(27,28)29/h4-6,10-11,19-20H,3,7-9,12-17,30H2,1-2H3,(H,31,35)/t19-,20?,25+/m0/s1. The molecule has 1 aromatic rings. The molecule has 0 aromatic heterocycles. The first-order valence-corrected chi connectivity index (χ1v) is 12.7. The van der Waals surface area contributed by atoms with Crippen LogP contribution in [-0.2, 0) is 35.1 Å². The molecule has 0 bridgehead atoms. The van der Waals surface area contributed by atoms with Gasteiger partial charge in [0.1, 0.15) is 6.04 Å². The molecule has 3 atom stereocenters. The number of esters is 2. The second-order valence-electron chi connectivity index (χ2n) is 9.16. The maximum atomic E-state index is 13.7. The largest absolute Gasteiger partial charge is 0.471 e. The summed E-state index contributed by atoms with van der Waals surface area (Å²) in [6.07, 6.45) is -3.17. The number of benzene rings is 1. The zero-order valence-corrected chi connectivity index (χ0v) is 21.7. The molecular weight excluding hydrogens is 507 g/mol. The van der Waals surface area contributed by atoms with Gasteiger partial charge < -0.3 is 20.5 Å². The highest BCUT2D eigenvalue weighted by atomic mass is 19.4. The average molecular weight is 544 g/mol. The molecule has 212 valence electrons. The van der Waals surface area contributed by atoms with Crippen LogP contribution in [0.25, 0.3) is 0 Å². The quantitative estimate of drug-likeness (QED) is 0.208. The van der Waals surface area contributed by atoms with E-state index in [1.807, 2.05) is 30.3 Å². The van der Waals surface area contributed by atoms with Crippen LogP contribution in [0, 0.1) is 0 Å². The fraction of sp³-hybridized carbons (Fsp3) is 0.615. The number of rotatable bonds is 14. The molecule has 1 amide bonds. The number of methoxy groups -OCH3 is 1. The third kappa shape index (κ3) is 7.76. The van der Waals surface area contributed by atoms with Gasteiger partial charge in [-0.3, -0.25) is 19.3 Å². The summed E-state index contributed by atoms with van der Waals surface area (Å²) in [4.78, 5) is 52.4. The lowest BCUT2D eigenvalue weighted by atomic mass is 9.83. The molecule has 38 heavy (non-hydrogen) atoms. The second-order valence-corrected chi connectivity index (χ2v) is 9.16. The lowest BCUT2D eigenvalue weighted by molar-refractivity contribution is -0.173. The summed E-state index contributed by atoms with van der Waals surface area (Å²) in [5.74, 6) is -4.03. The Kier molecular flexibility index (Phi) is 11.7. The lowest BCUT2D eigenvalue weighted by Gasteiger charge is -2.40. The summed E-state index contributed by atoms with van der Waals surface area (Å²) < 4.78 is 47.3. The number of amides is 1. The Bertz CT molecular complexity index is 959. The first-order valence-electron chi connectivity index (χ1n) is 12.7.